The highest BCUT2D eigenvalue weighted by Crippen LogP contribution is 2.17. The molecule has 3 N–H and O–H groups in total. The van der Waals surface area contributed by atoms with Crippen LogP contribution in [0, 0.1) is 0 Å². The van der Waals surface area contributed by atoms with Crippen LogP contribution in [0.1, 0.15) is 0 Å². The second-order valence-corrected chi connectivity index (χ2v) is 2.46. The molecule has 0 amide bonds. The quantitative estimate of drug-likeness (QED) is 0.310. The van der Waals surface area contributed by atoms with Crippen LogP contribution >= 0.6 is 0 Å². The van der Waals surface area contributed by atoms with Crippen LogP contribution in [-0.4, -0.2) is 52.0 Å². The molecule has 1 aliphatic heterocycles. The molecule has 0 aromatic carbocycles. The molecular weight excluding hydrogens is 168 g/mol. The number of aliphatic hydroxyl groups excluding tert-OH is 3. The molecule has 1 aliphatic rings. The van der Waals surface area contributed by atoms with Crippen molar-refractivity contribution in [1.29, 1.82) is 0 Å². The van der Waals surface area contributed by atoms with E-state index in [0.717, 1.165) is 0 Å². The Labute approximate surface area is 67.4 Å². The van der Waals surface area contributed by atoms with E-state index in [1.165, 1.54) is 0 Å². The van der Waals surface area contributed by atoms with Crippen molar-refractivity contribution in [2.75, 3.05) is 0 Å². The van der Waals surface area contributed by atoms with Crippen LogP contribution in [0.3, 0.4) is 0 Å². The number of carbonyl (C=O) groups excluding carboxylic acids is 2. The Bertz CT molecular complexity index is 202. The first-order chi connectivity index (χ1) is 5.57. The van der Waals surface area contributed by atoms with Crippen LogP contribution in [-0.2, 0) is 14.3 Å². The van der Waals surface area contributed by atoms with Crippen molar-refractivity contribution < 1.29 is 29.6 Å². The number of carbonyl (C=O) groups is 2. The molecule has 0 aliphatic carbocycles. The van der Waals surface area contributed by atoms with Gasteiger partial charge in [-0.3, -0.25) is 0 Å². The van der Waals surface area contributed by atoms with Crippen LogP contribution in [0.25, 0.3) is 0 Å². The lowest BCUT2D eigenvalue weighted by Gasteiger charge is -2.14. The summed E-state index contributed by atoms with van der Waals surface area (Å²) in [4.78, 5) is 20.6. The van der Waals surface area contributed by atoms with E-state index in [9.17, 15) is 9.59 Å². The van der Waals surface area contributed by atoms with Crippen LogP contribution in [0.4, 0.5) is 0 Å². The number of hydrogen-bond donors (Lipinski definition) is 3. The molecule has 0 radical (unpaired) electrons. The molecule has 68 valence electrons. The summed E-state index contributed by atoms with van der Waals surface area (Å²) in [5.41, 5.74) is 0. The van der Waals surface area contributed by atoms with Gasteiger partial charge in [0.1, 0.15) is 12.2 Å². The Morgan fingerprint density at radius 1 is 1.50 bits per heavy atom. The smallest absolute Gasteiger partial charge is 0.338 e. The Morgan fingerprint density at radius 3 is 2.42 bits per heavy atom. The Kier molecular flexibility index (Phi) is 2.41. The van der Waals surface area contributed by atoms with Gasteiger partial charge in [-0.25, -0.2) is 4.79 Å². The third kappa shape index (κ3) is 1.31. The van der Waals surface area contributed by atoms with E-state index in [2.05, 4.69) is 4.74 Å². The maximum absolute atomic E-state index is 10.6. The minimum absolute atomic E-state index is 0.124. The molecule has 0 aromatic heterocycles. The van der Waals surface area contributed by atoms with Gasteiger partial charge in [-0.2, -0.15) is 0 Å². The Balaban J connectivity index is 2.70. The Morgan fingerprint density at radius 2 is 2.08 bits per heavy atom. The van der Waals surface area contributed by atoms with E-state index in [4.69, 9.17) is 15.3 Å². The molecule has 6 heteroatoms. The lowest BCUT2D eigenvalue weighted by Crippen LogP contribution is -2.39. The molecule has 1 fully saturated rings. The van der Waals surface area contributed by atoms with Crippen LogP contribution in [0.2, 0.25) is 0 Å². The van der Waals surface area contributed by atoms with E-state index in [0.29, 0.717) is 0 Å². The average molecular weight is 176 g/mol. The second kappa shape index (κ2) is 3.18. The van der Waals surface area contributed by atoms with Crippen molar-refractivity contribution in [1.82, 2.24) is 0 Å². The summed E-state index contributed by atoms with van der Waals surface area (Å²) in [6.45, 7) is 0. The topological polar surface area (TPSA) is 104 Å². The first kappa shape index (κ1) is 9.11. The van der Waals surface area contributed by atoms with Crippen molar-refractivity contribution in [3.05, 3.63) is 0 Å². The van der Waals surface area contributed by atoms with E-state index < -0.39 is 30.4 Å². The highest BCUT2D eigenvalue weighted by molar-refractivity contribution is 5.78. The predicted molar refractivity (Wildman–Crippen MR) is 34.0 cm³/mol. The zero-order valence-corrected chi connectivity index (χ0v) is 5.95. The predicted octanol–water partition coefficient (Wildman–Crippen LogP) is -2.81. The van der Waals surface area contributed by atoms with Gasteiger partial charge >= 0.3 is 5.97 Å². The van der Waals surface area contributed by atoms with Gasteiger partial charge in [0.25, 0.3) is 0 Å². The molecule has 0 saturated carbocycles. The van der Waals surface area contributed by atoms with E-state index >= 15 is 0 Å². The van der Waals surface area contributed by atoms with Crippen molar-refractivity contribution >= 4 is 12.3 Å². The largest absolute Gasteiger partial charge is 0.454 e. The summed E-state index contributed by atoms with van der Waals surface area (Å²) >= 11 is 0. The van der Waals surface area contributed by atoms with Crippen molar-refractivity contribution in [2.45, 2.75) is 24.4 Å². The van der Waals surface area contributed by atoms with E-state index in [-0.39, 0.29) is 6.29 Å². The zero-order chi connectivity index (χ0) is 9.30. The first-order valence-electron chi connectivity index (χ1n) is 3.28. The fourth-order valence-corrected chi connectivity index (χ4v) is 0.942. The summed E-state index contributed by atoms with van der Waals surface area (Å²) in [5, 5.41) is 26.7. The molecule has 1 heterocycles. The number of aliphatic hydroxyl groups is 3. The number of hydrogen-bond acceptors (Lipinski definition) is 6. The third-order valence-electron chi connectivity index (χ3n) is 1.63. The van der Waals surface area contributed by atoms with Crippen molar-refractivity contribution in [2.24, 2.45) is 0 Å². The van der Waals surface area contributed by atoms with Crippen LogP contribution < -0.4 is 0 Å². The highest BCUT2D eigenvalue weighted by atomic mass is 16.6. The van der Waals surface area contributed by atoms with Gasteiger partial charge in [0.05, 0.1) is 0 Å². The summed E-state index contributed by atoms with van der Waals surface area (Å²) in [6.07, 6.45) is -6.05. The van der Waals surface area contributed by atoms with Gasteiger partial charge in [-0.05, 0) is 0 Å². The number of esters is 1. The molecular formula is C6H8O6. The minimum Gasteiger partial charge on any atom is -0.454 e. The molecule has 0 unspecified atom stereocenters. The standard InChI is InChI=1S/C6H8O6/c7-1-2(8)5-3(9)4(10)6(11)12-5/h1-5,8-10H/t2-,3+,4+,5-/m0/s1. The maximum atomic E-state index is 10.6. The molecule has 0 aromatic rings. The van der Waals surface area contributed by atoms with Gasteiger partial charge in [0.2, 0.25) is 0 Å². The Hall–Kier alpha value is -0.980. The molecule has 1 rings (SSSR count). The molecule has 4 atom stereocenters. The average Bonchev–Trinajstić information content (AvgIpc) is 2.32. The lowest BCUT2D eigenvalue weighted by atomic mass is 10.1. The summed E-state index contributed by atoms with van der Waals surface area (Å²) < 4.78 is 4.32. The summed E-state index contributed by atoms with van der Waals surface area (Å²) in [5.74, 6) is -1.03. The van der Waals surface area contributed by atoms with Crippen LogP contribution in [0.15, 0.2) is 0 Å². The number of cyclic esters (lactones) is 1. The summed E-state index contributed by atoms with van der Waals surface area (Å²) in [6, 6.07) is 0. The first-order valence-corrected chi connectivity index (χ1v) is 3.28. The van der Waals surface area contributed by atoms with Crippen LogP contribution in [0.5, 0.6) is 0 Å². The second-order valence-electron chi connectivity index (χ2n) is 2.46. The number of rotatable bonds is 2. The third-order valence-corrected chi connectivity index (χ3v) is 1.63. The SMILES string of the molecule is O=C[C@H](O)[C@@H]1OC(=O)[C@H](O)[C@H]1O. The number of ether oxygens (including phenoxy) is 1. The lowest BCUT2D eigenvalue weighted by molar-refractivity contribution is -0.151. The normalized spacial score (nSPS) is 37.6. The molecule has 0 spiro atoms. The fourth-order valence-electron chi connectivity index (χ4n) is 0.942. The van der Waals surface area contributed by atoms with E-state index in [1.807, 2.05) is 0 Å². The fraction of sp³-hybridized carbons (Fsp3) is 0.667. The maximum Gasteiger partial charge on any atom is 0.338 e. The van der Waals surface area contributed by atoms with E-state index in [1.54, 1.807) is 0 Å². The monoisotopic (exact) mass is 176 g/mol. The highest BCUT2D eigenvalue weighted by Gasteiger charge is 2.46. The molecule has 1 saturated heterocycles. The summed E-state index contributed by atoms with van der Waals surface area (Å²) in [7, 11) is 0. The van der Waals surface area contributed by atoms with Crippen molar-refractivity contribution in [3.8, 4) is 0 Å². The minimum atomic E-state index is -1.68. The van der Waals surface area contributed by atoms with Gasteiger partial charge in [-0.1, -0.05) is 0 Å². The number of aldehydes is 1. The molecule has 6 nitrogen and oxygen atoms in total. The van der Waals surface area contributed by atoms with Gasteiger partial charge in [0.15, 0.2) is 18.5 Å². The van der Waals surface area contributed by atoms with Crippen molar-refractivity contribution in [3.63, 3.8) is 0 Å². The van der Waals surface area contributed by atoms with Gasteiger partial charge in [-0.15, -0.1) is 0 Å². The zero-order valence-electron chi connectivity index (χ0n) is 5.95. The van der Waals surface area contributed by atoms with Gasteiger partial charge < -0.3 is 24.9 Å². The molecule has 12 heavy (non-hydrogen) atoms. The molecule has 0 bridgehead atoms. The van der Waals surface area contributed by atoms with Gasteiger partial charge in [0, 0.05) is 0 Å².